The molecule has 0 heterocycles. The fourth-order valence-corrected chi connectivity index (χ4v) is 6.38. The van der Waals surface area contributed by atoms with E-state index in [0.29, 0.717) is 19.3 Å². The van der Waals surface area contributed by atoms with Crippen molar-refractivity contribution in [2.75, 3.05) is 41.0 Å². The number of carboxylic acids is 1. The lowest BCUT2D eigenvalue weighted by Crippen LogP contribution is -2.55. The maximum Gasteiger partial charge on any atom is 0.306 e. The molecule has 0 bridgehead atoms. The van der Waals surface area contributed by atoms with E-state index in [1.807, 2.05) is 48.6 Å². The Morgan fingerprint density at radius 1 is 0.500 bits per heavy atom. The van der Waals surface area contributed by atoms with Crippen LogP contribution in [0.25, 0.3) is 0 Å². The van der Waals surface area contributed by atoms with Gasteiger partial charge in [0.25, 0.3) is 0 Å². The fraction of sp³-hybridized carbons (Fsp3) is 0.611. The van der Waals surface area contributed by atoms with Crippen molar-refractivity contribution in [3.8, 4) is 0 Å². The van der Waals surface area contributed by atoms with Crippen LogP contribution in [0.3, 0.4) is 0 Å². The van der Waals surface area contributed by atoms with E-state index in [1.54, 1.807) is 21.1 Å². The normalized spacial score (nSPS) is 13.9. The van der Waals surface area contributed by atoms with Gasteiger partial charge in [-0.3, -0.25) is 9.59 Å². The lowest BCUT2D eigenvalue weighted by atomic mass is 10.0. The van der Waals surface area contributed by atoms with Crippen LogP contribution in [0.5, 0.6) is 0 Å². The molecule has 0 aliphatic heterocycles. The quantitative estimate of drug-likeness (QED) is 0.0198. The molecule has 62 heavy (non-hydrogen) atoms. The average molecular weight is 862 g/mol. The van der Waals surface area contributed by atoms with E-state index >= 15 is 0 Å². The van der Waals surface area contributed by atoms with E-state index in [0.717, 1.165) is 77.0 Å². The molecule has 0 saturated heterocycles. The second kappa shape index (κ2) is 43.6. The number of nitrogens with zero attached hydrogens (tertiary/aromatic N) is 1. The van der Waals surface area contributed by atoms with Crippen molar-refractivity contribution in [1.82, 2.24) is 0 Å². The number of carboxylic acid groups (broad SMARTS) is 1. The number of carbonyl (C=O) groups excluding carboxylic acids is 3. The summed E-state index contributed by atoms with van der Waals surface area (Å²) < 4.78 is 17.2. The van der Waals surface area contributed by atoms with Gasteiger partial charge in [0, 0.05) is 19.3 Å². The van der Waals surface area contributed by atoms with Crippen molar-refractivity contribution < 1.29 is 38.2 Å². The number of likely N-dealkylation sites (N-methyl/N-ethyl adjacent to an activating group) is 1. The number of rotatable bonds is 41. The van der Waals surface area contributed by atoms with Gasteiger partial charge in [0.1, 0.15) is 12.6 Å². The number of quaternary nitrogens is 1. The summed E-state index contributed by atoms with van der Waals surface area (Å²) in [5, 5.41) is 11.6. The molecule has 0 aliphatic carbocycles. The minimum Gasteiger partial charge on any atom is -0.544 e. The number of aliphatic carboxylic acids is 1. The van der Waals surface area contributed by atoms with Gasteiger partial charge in [-0.05, 0) is 70.6 Å². The van der Waals surface area contributed by atoms with Gasteiger partial charge in [-0.25, -0.2) is 0 Å². The van der Waals surface area contributed by atoms with Crippen molar-refractivity contribution >= 4 is 17.9 Å². The van der Waals surface area contributed by atoms with Crippen LogP contribution in [-0.2, 0) is 28.6 Å². The first-order valence-electron chi connectivity index (χ1n) is 24.0. The fourth-order valence-electron chi connectivity index (χ4n) is 6.38. The van der Waals surface area contributed by atoms with Crippen LogP contribution >= 0.6 is 0 Å². The lowest BCUT2D eigenvalue weighted by molar-refractivity contribution is -0.889. The first kappa shape index (κ1) is 58.0. The number of unbranched alkanes of at least 4 members (excludes halogenated alkanes) is 13. The number of esters is 2. The molecule has 0 spiro atoms. The summed E-state index contributed by atoms with van der Waals surface area (Å²) in [7, 11) is 5.38. The van der Waals surface area contributed by atoms with Gasteiger partial charge in [-0.15, -0.1) is 0 Å². The summed E-state index contributed by atoms with van der Waals surface area (Å²) in [6, 6.07) is -0.740. The zero-order chi connectivity index (χ0) is 45.6. The summed E-state index contributed by atoms with van der Waals surface area (Å²) >= 11 is 0. The largest absolute Gasteiger partial charge is 0.544 e. The number of allylic oxidation sites excluding steroid dienone is 18. The molecule has 0 aliphatic rings. The zero-order valence-corrected chi connectivity index (χ0v) is 39.7. The maximum absolute atomic E-state index is 12.8. The first-order chi connectivity index (χ1) is 30.1. The van der Waals surface area contributed by atoms with E-state index in [2.05, 4.69) is 74.6 Å². The molecule has 0 rings (SSSR count). The second-order valence-corrected chi connectivity index (χ2v) is 16.7. The standard InChI is InChI=1S/C54H87NO7/c1-6-8-10-12-14-16-18-20-22-23-24-25-26-27-28-29-31-33-35-37-39-41-43-45-53(57)62-50(48-60-47-46-51(54(58)59)55(3,4)5)49-61-52(56)44-42-40-38-36-34-32-30-21-19-17-15-13-11-9-7-2/h8-11,13-17,19-22,24-25,30,32,34,50-51H,6-7,12,18,23,26-29,31,33,35-49H2,1-5H3/b10-8+,11-9+,15-13+,16-14+,19-17+,22-20+,25-24+,30-21+,34-32+. The van der Waals surface area contributed by atoms with Crippen molar-refractivity contribution in [2.24, 2.45) is 0 Å². The summed E-state index contributed by atoms with van der Waals surface area (Å²) in [4.78, 5) is 37.0. The van der Waals surface area contributed by atoms with Gasteiger partial charge in [0.15, 0.2) is 6.10 Å². The predicted octanol–water partition coefficient (Wildman–Crippen LogP) is 12.3. The molecule has 2 unspecified atom stereocenters. The minimum absolute atomic E-state index is 0.0178. The third-order valence-electron chi connectivity index (χ3n) is 10.0. The van der Waals surface area contributed by atoms with E-state index in [-0.39, 0.29) is 42.7 Å². The molecule has 0 amide bonds. The van der Waals surface area contributed by atoms with Gasteiger partial charge in [0.2, 0.25) is 0 Å². The Balaban J connectivity index is 4.34. The average Bonchev–Trinajstić information content (AvgIpc) is 3.23. The molecule has 0 N–H and O–H groups in total. The van der Waals surface area contributed by atoms with Crippen LogP contribution in [0.15, 0.2) is 109 Å². The monoisotopic (exact) mass is 862 g/mol. The molecule has 0 aromatic rings. The van der Waals surface area contributed by atoms with Crippen LogP contribution in [0.4, 0.5) is 0 Å². The Morgan fingerprint density at radius 3 is 1.47 bits per heavy atom. The SMILES string of the molecule is CC/C=C/C=C/C=C/C=C/C=C/CCCCCC(=O)OCC(COCCC(C(=O)[O-])[N+](C)(C)C)OC(=O)CCCCCCCCCCCC/C=C/C/C=C/C/C=C/C/C=C/CC. The van der Waals surface area contributed by atoms with Crippen molar-refractivity contribution in [1.29, 1.82) is 0 Å². The first-order valence-corrected chi connectivity index (χ1v) is 24.0. The van der Waals surface area contributed by atoms with Gasteiger partial charge in [-0.2, -0.15) is 0 Å². The molecule has 8 nitrogen and oxygen atoms in total. The van der Waals surface area contributed by atoms with Gasteiger partial charge >= 0.3 is 11.9 Å². The van der Waals surface area contributed by atoms with Gasteiger partial charge < -0.3 is 28.6 Å². The highest BCUT2D eigenvalue weighted by atomic mass is 16.6. The molecule has 0 aromatic carbocycles. The number of ether oxygens (including phenoxy) is 3. The van der Waals surface area contributed by atoms with E-state index < -0.39 is 18.1 Å². The van der Waals surface area contributed by atoms with E-state index in [9.17, 15) is 19.5 Å². The summed E-state index contributed by atoms with van der Waals surface area (Å²) in [6.07, 6.45) is 59.7. The zero-order valence-electron chi connectivity index (χ0n) is 39.7. The molecule has 8 heteroatoms. The molecule has 0 radical (unpaired) electrons. The Hall–Kier alpha value is -4.01. The summed E-state index contributed by atoms with van der Waals surface area (Å²) in [6.45, 7) is 4.34. The smallest absolute Gasteiger partial charge is 0.306 e. The third-order valence-corrected chi connectivity index (χ3v) is 10.0. The molecule has 0 fully saturated rings. The minimum atomic E-state index is -1.14. The Morgan fingerprint density at radius 2 is 0.935 bits per heavy atom. The molecule has 0 saturated carbocycles. The summed E-state index contributed by atoms with van der Waals surface area (Å²) in [5.41, 5.74) is 0. The van der Waals surface area contributed by atoms with Gasteiger partial charge in [0.05, 0.1) is 40.3 Å². The van der Waals surface area contributed by atoms with Crippen LogP contribution in [-0.4, -0.2) is 75.5 Å². The highest BCUT2D eigenvalue weighted by molar-refractivity contribution is 5.70. The highest BCUT2D eigenvalue weighted by Gasteiger charge is 2.25. The van der Waals surface area contributed by atoms with Gasteiger partial charge in [-0.1, -0.05) is 181 Å². The van der Waals surface area contributed by atoms with Crippen LogP contribution in [0, 0.1) is 0 Å². The highest BCUT2D eigenvalue weighted by Crippen LogP contribution is 2.14. The number of hydrogen-bond acceptors (Lipinski definition) is 7. The van der Waals surface area contributed by atoms with Crippen LogP contribution in [0.1, 0.15) is 162 Å². The summed E-state index contributed by atoms with van der Waals surface area (Å²) in [5.74, 6) is -1.81. The van der Waals surface area contributed by atoms with Crippen LogP contribution in [0.2, 0.25) is 0 Å². The van der Waals surface area contributed by atoms with E-state index in [4.69, 9.17) is 14.2 Å². The van der Waals surface area contributed by atoms with Crippen molar-refractivity contribution in [3.63, 3.8) is 0 Å². The molecule has 350 valence electrons. The number of hydrogen-bond donors (Lipinski definition) is 0. The van der Waals surface area contributed by atoms with Crippen molar-refractivity contribution in [3.05, 3.63) is 109 Å². The molecular formula is C54H87NO7. The Bertz CT molecular complexity index is 1370. The van der Waals surface area contributed by atoms with E-state index in [1.165, 1.54) is 44.9 Å². The van der Waals surface area contributed by atoms with Crippen LogP contribution < -0.4 is 5.11 Å². The molecular weight excluding hydrogens is 775 g/mol. The Kier molecular flexibility index (Phi) is 40.8. The maximum atomic E-state index is 12.8. The molecule has 0 aromatic heterocycles. The second-order valence-electron chi connectivity index (χ2n) is 16.7. The Labute approximate surface area is 378 Å². The third kappa shape index (κ3) is 41.3. The predicted molar refractivity (Wildman–Crippen MR) is 258 cm³/mol. The molecule has 2 atom stereocenters. The van der Waals surface area contributed by atoms with Crippen molar-refractivity contribution in [2.45, 2.75) is 174 Å². The topological polar surface area (TPSA) is 102 Å². The lowest BCUT2D eigenvalue weighted by Gasteiger charge is -2.34. The number of carbonyl (C=O) groups is 3.